The Bertz CT molecular complexity index is 436. The van der Waals surface area contributed by atoms with Crippen LogP contribution in [0.3, 0.4) is 0 Å². The highest BCUT2D eigenvalue weighted by Gasteiger charge is 2.28. The van der Waals surface area contributed by atoms with E-state index in [-0.39, 0.29) is 5.82 Å². The Labute approximate surface area is 109 Å². The van der Waals surface area contributed by atoms with Gasteiger partial charge in [0.25, 0.3) is 0 Å². The average molecular weight is 299 g/mol. The molecule has 0 aromatic heterocycles. The summed E-state index contributed by atoms with van der Waals surface area (Å²) in [5.41, 5.74) is 1.91. The Morgan fingerprint density at radius 3 is 2.88 bits per heavy atom. The van der Waals surface area contributed by atoms with Crippen molar-refractivity contribution >= 4 is 27.3 Å². The van der Waals surface area contributed by atoms with E-state index < -0.39 is 0 Å². The Kier molecular flexibility index (Phi) is 2.99. The fraction of sp³-hybridized carbons (Fsp3) is 0.538. The quantitative estimate of drug-likeness (QED) is 0.757. The molecule has 1 fully saturated rings. The molecule has 1 aliphatic heterocycles. The number of anilines is 2. The summed E-state index contributed by atoms with van der Waals surface area (Å²) in [6, 6.07) is 3.91. The van der Waals surface area contributed by atoms with Crippen LogP contribution in [-0.4, -0.2) is 12.6 Å². The zero-order valence-electron chi connectivity index (χ0n) is 9.60. The topological polar surface area (TPSA) is 24.1 Å². The summed E-state index contributed by atoms with van der Waals surface area (Å²) in [5, 5.41) is 6.94. The van der Waals surface area contributed by atoms with E-state index >= 15 is 0 Å². The fourth-order valence-corrected chi connectivity index (χ4v) is 3.24. The number of halogens is 2. The second-order valence-corrected chi connectivity index (χ2v) is 5.84. The van der Waals surface area contributed by atoms with Gasteiger partial charge in [-0.1, -0.05) is 12.8 Å². The van der Waals surface area contributed by atoms with Gasteiger partial charge in [0.05, 0.1) is 15.8 Å². The molecule has 2 atom stereocenters. The normalized spacial score (nSPS) is 27.2. The maximum Gasteiger partial charge on any atom is 0.139 e. The van der Waals surface area contributed by atoms with Crippen LogP contribution in [0.4, 0.5) is 15.8 Å². The molecule has 0 saturated heterocycles. The molecule has 2 aliphatic rings. The minimum Gasteiger partial charge on any atom is -0.383 e. The van der Waals surface area contributed by atoms with Gasteiger partial charge in [-0.3, -0.25) is 0 Å². The summed E-state index contributed by atoms with van der Waals surface area (Å²) < 4.78 is 14.1. The molecule has 1 aromatic carbocycles. The first-order valence-corrected chi connectivity index (χ1v) is 7.03. The largest absolute Gasteiger partial charge is 0.383 e. The zero-order valence-corrected chi connectivity index (χ0v) is 11.2. The van der Waals surface area contributed by atoms with Crippen LogP contribution in [-0.2, 0) is 0 Å². The van der Waals surface area contributed by atoms with E-state index in [4.69, 9.17) is 0 Å². The second kappa shape index (κ2) is 4.48. The highest BCUT2D eigenvalue weighted by molar-refractivity contribution is 9.10. The van der Waals surface area contributed by atoms with Crippen molar-refractivity contribution in [3.8, 4) is 0 Å². The predicted octanol–water partition coefficient (Wildman–Crippen LogP) is 3.98. The number of hydrogen-bond acceptors (Lipinski definition) is 2. The highest BCUT2D eigenvalue weighted by Crippen LogP contribution is 2.36. The van der Waals surface area contributed by atoms with Crippen LogP contribution < -0.4 is 10.6 Å². The van der Waals surface area contributed by atoms with E-state index in [9.17, 15) is 4.39 Å². The van der Waals surface area contributed by atoms with Crippen LogP contribution in [0.5, 0.6) is 0 Å². The summed E-state index contributed by atoms with van der Waals surface area (Å²) in [6.45, 7) is 0.989. The van der Waals surface area contributed by atoms with Crippen molar-refractivity contribution in [3.05, 3.63) is 22.4 Å². The molecule has 0 spiro atoms. The first-order chi connectivity index (χ1) is 8.24. The Morgan fingerprint density at radius 1 is 1.18 bits per heavy atom. The molecule has 1 saturated carbocycles. The zero-order chi connectivity index (χ0) is 11.8. The summed E-state index contributed by atoms with van der Waals surface area (Å²) in [6.07, 6.45) is 5.06. The van der Waals surface area contributed by atoms with Crippen LogP contribution in [0.15, 0.2) is 16.6 Å². The molecule has 0 radical (unpaired) electrons. The number of rotatable bonds is 0. The first-order valence-electron chi connectivity index (χ1n) is 6.23. The van der Waals surface area contributed by atoms with Gasteiger partial charge < -0.3 is 10.6 Å². The highest BCUT2D eigenvalue weighted by atomic mass is 79.9. The molecule has 1 aliphatic carbocycles. The standard InChI is InChI=1S/C13H16BrFN2/c14-9-5-12-13(6-10(9)15)17-11-4-2-1-3-8(11)7-16-12/h5-6,8,11,16-17H,1-4,7H2. The molecule has 1 heterocycles. The molecule has 3 rings (SSSR count). The van der Waals surface area contributed by atoms with Gasteiger partial charge in [0.1, 0.15) is 5.82 Å². The van der Waals surface area contributed by atoms with Crippen molar-refractivity contribution in [2.75, 3.05) is 17.2 Å². The second-order valence-electron chi connectivity index (χ2n) is 4.99. The summed E-state index contributed by atoms with van der Waals surface area (Å²) in [4.78, 5) is 0. The van der Waals surface area contributed by atoms with E-state index in [0.29, 0.717) is 16.4 Å². The number of fused-ring (bicyclic) bond motifs is 2. The lowest BCUT2D eigenvalue weighted by Crippen LogP contribution is -2.34. The van der Waals surface area contributed by atoms with Gasteiger partial charge in [-0.15, -0.1) is 0 Å². The van der Waals surface area contributed by atoms with Gasteiger partial charge in [-0.2, -0.15) is 0 Å². The number of nitrogens with one attached hydrogen (secondary N) is 2. The monoisotopic (exact) mass is 298 g/mol. The SMILES string of the molecule is Fc1cc2c(cc1Br)NCC1CCCCC1N2. The van der Waals surface area contributed by atoms with Gasteiger partial charge in [-0.25, -0.2) is 4.39 Å². The van der Waals surface area contributed by atoms with Crippen molar-refractivity contribution in [2.24, 2.45) is 5.92 Å². The van der Waals surface area contributed by atoms with Crippen molar-refractivity contribution in [3.63, 3.8) is 0 Å². The lowest BCUT2D eigenvalue weighted by Gasteiger charge is -2.30. The van der Waals surface area contributed by atoms with E-state index in [1.54, 1.807) is 6.07 Å². The van der Waals surface area contributed by atoms with Crippen molar-refractivity contribution < 1.29 is 4.39 Å². The van der Waals surface area contributed by atoms with Gasteiger partial charge in [0.2, 0.25) is 0 Å². The third kappa shape index (κ3) is 2.15. The van der Waals surface area contributed by atoms with Crippen molar-refractivity contribution in [1.29, 1.82) is 0 Å². The molecular formula is C13H16BrFN2. The smallest absolute Gasteiger partial charge is 0.139 e. The first kappa shape index (κ1) is 11.3. The third-order valence-electron chi connectivity index (χ3n) is 3.87. The molecule has 17 heavy (non-hydrogen) atoms. The van der Waals surface area contributed by atoms with Crippen molar-refractivity contribution in [1.82, 2.24) is 0 Å². The summed E-state index contributed by atoms with van der Waals surface area (Å²) >= 11 is 3.23. The summed E-state index contributed by atoms with van der Waals surface area (Å²) in [5.74, 6) is 0.463. The van der Waals surface area contributed by atoms with Gasteiger partial charge in [0, 0.05) is 18.7 Å². The van der Waals surface area contributed by atoms with Crippen LogP contribution >= 0.6 is 15.9 Å². The van der Waals surface area contributed by atoms with Crippen LogP contribution in [0.2, 0.25) is 0 Å². The molecule has 0 bridgehead atoms. The molecule has 2 nitrogen and oxygen atoms in total. The Balaban J connectivity index is 1.93. The molecule has 2 N–H and O–H groups in total. The maximum absolute atomic E-state index is 13.5. The van der Waals surface area contributed by atoms with E-state index in [0.717, 1.165) is 17.9 Å². The fourth-order valence-electron chi connectivity index (χ4n) is 2.90. The molecular weight excluding hydrogens is 283 g/mol. The molecule has 0 amide bonds. The minimum absolute atomic E-state index is 0.202. The summed E-state index contributed by atoms with van der Waals surface area (Å²) in [7, 11) is 0. The third-order valence-corrected chi connectivity index (χ3v) is 4.47. The molecule has 2 unspecified atom stereocenters. The molecule has 1 aromatic rings. The van der Waals surface area contributed by atoms with Crippen molar-refractivity contribution in [2.45, 2.75) is 31.7 Å². The molecule has 92 valence electrons. The lowest BCUT2D eigenvalue weighted by atomic mass is 9.84. The Hall–Kier alpha value is -0.770. The van der Waals surface area contributed by atoms with Gasteiger partial charge >= 0.3 is 0 Å². The predicted molar refractivity (Wildman–Crippen MR) is 72.0 cm³/mol. The minimum atomic E-state index is -0.202. The Morgan fingerprint density at radius 2 is 2.00 bits per heavy atom. The average Bonchev–Trinajstić information content (AvgIpc) is 2.49. The maximum atomic E-state index is 13.5. The van der Waals surface area contributed by atoms with Gasteiger partial charge in [0.15, 0.2) is 0 Å². The van der Waals surface area contributed by atoms with E-state index in [1.165, 1.54) is 25.7 Å². The van der Waals surface area contributed by atoms with Crippen LogP contribution in [0, 0.1) is 11.7 Å². The van der Waals surface area contributed by atoms with E-state index in [1.807, 2.05) is 6.07 Å². The van der Waals surface area contributed by atoms with Crippen LogP contribution in [0.1, 0.15) is 25.7 Å². The van der Waals surface area contributed by atoms with Crippen LogP contribution in [0.25, 0.3) is 0 Å². The number of hydrogen-bond donors (Lipinski definition) is 2. The van der Waals surface area contributed by atoms with E-state index in [2.05, 4.69) is 26.6 Å². The van der Waals surface area contributed by atoms with Gasteiger partial charge in [-0.05, 0) is 40.8 Å². The molecule has 4 heteroatoms. The number of benzene rings is 1. The lowest BCUT2D eigenvalue weighted by molar-refractivity contribution is 0.342.